The van der Waals surface area contributed by atoms with Crippen LogP contribution in [0.15, 0.2) is 9.79 Å². The van der Waals surface area contributed by atoms with E-state index in [1.54, 1.807) is 0 Å². The first kappa shape index (κ1) is 20.3. The van der Waals surface area contributed by atoms with Crippen molar-refractivity contribution < 1.29 is 62.5 Å². The second kappa shape index (κ2) is 5.36. The van der Waals surface area contributed by atoms with Crippen molar-refractivity contribution in [2.45, 2.75) is 22.1 Å². The third-order valence-electron chi connectivity index (χ3n) is 2.44. The summed E-state index contributed by atoms with van der Waals surface area (Å²) in [5, 5.41) is 18.2. The van der Waals surface area contributed by atoms with Crippen molar-refractivity contribution in [1.29, 1.82) is 0 Å². The average Bonchev–Trinajstić information content (AvgIpc) is 2.25. The summed E-state index contributed by atoms with van der Waals surface area (Å²) in [5.74, 6) is -5.43. The van der Waals surface area contributed by atoms with Crippen LogP contribution >= 0.6 is 0 Å². The maximum Gasteiger partial charge on any atom is 0.421 e. The third kappa shape index (κ3) is 3.50. The Bertz CT molecular complexity index is 821. The summed E-state index contributed by atoms with van der Waals surface area (Å²) in [5.41, 5.74) is -6.02. The van der Waals surface area contributed by atoms with Crippen LogP contribution in [0.2, 0.25) is 0 Å². The summed E-state index contributed by atoms with van der Waals surface area (Å²) < 4.78 is 138. The van der Waals surface area contributed by atoms with Gasteiger partial charge in [-0.1, -0.05) is 0 Å². The van der Waals surface area contributed by atoms with E-state index in [0.29, 0.717) is 0 Å². The third-order valence-corrected chi connectivity index (χ3v) is 4.42. The maximum absolute atomic E-state index is 12.8. The van der Waals surface area contributed by atoms with Crippen LogP contribution in [0.1, 0.15) is 11.1 Å². The van der Waals surface area contributed by atoms with Crippen LogP contribution in [0.25, 0.3) is 0 Å². The molecular formula is C8H4F6O8S2. The van der Waals surface area contributed by atoms with E-state index in [1.165, 1.54) is 0 Å². The molecule has 0 saturated carbocycles. The number of aromatic hydroxyl groups is 2. The van der Waals surface area contributed by atoms with Gasteiger partial charge in [0, 0.05) is 0 Å². The van der Waals surface area contributed by atoms with Gasteiger partial charge < -0.3 is 10.2 Å². The van der Waals surface area contributed by atoms with Crippen molar-refractivity contribution in [2.24, 2.45) is 0 Å². The van der Waals surface area contributed by atoms with E-state index in [-0.39, 0.29) is 0 Å². The molecule has 24 heavy (non-hydrogen) atoms. The summed E-state index contributed by atoms with van der Waals surface area (Å²) in [6, 6.07) is 0. The second-order valence-corrected chi connectivity index (χ2v) is 6.77. The normalized spacial score (nSPS) is 14.0. The molecule has 0 atom stereocenters. The van der Waals surface area contributed by atoms with E-state index in [2.05, 4.69) is 0 Å². The van der Waals surface area contributed by atoms with Crippen molar-refractivity contribution >= 4 is 20.2 Å². The van der Waals surface area contributed by atoms with E-state index < -0.39 is 65.0 Å². The van der Waals surface area contributed by atoms with Crippen LogP contribution in [0.4, 0.5) is 26.3 Å². The van der Waals surface area contributed by atoms with E-state index in [1.807, 2.05) is 0 Å². The van der Waals surface area contributed by atoms with Gasteiger partial charge in [0.1, 0.15) is 20.9 Å². The highest BCUT2D eigenvalue weighted by Crippen LogP contribution is 2.53. The average molecular weight is 406 g/mol. The smallest absolute Gasteiger partial charge is 0.421 e. The van der Waals surface area contributed by atoms with Crippen LogP contribution in [0.5, 0.6) is 11.5 Å². The Hall–Kier alpha value is -1.78. The second-order valence-electron chi connectivity index (χ2n) is 4.05. The van der Waals surface area contributed by atoms with Gasteiger partial charge in [0.15, 0.2) is 11.5 Å². The Balaban J connectivity index is 4.53. The lowest BCUT2D eigenvalue weighted by atomic mass is 10.1. The van der Waals surface area contributed by atoms with E-state index in [4.69, 9.17) is 19.3 Å². The van der Waals surface area contributed by atoms with Gasteiger partial charge in [0.05, 0.1) is 0 Å². The van der Waals surface area contributed by atoms with Gasteiger partial charge >= 0.3 is 12.4 Å². The predicted molar refractivity (Wildman–Crippen MR) is 59.4 cm³/mol. The number of rotatable bonds is 2. The zero-order valence-electron chi connectivity index (χ0n) is 10.5. The molecule has 16 heteroatoms. The highest BCUT2D eigenvalue weighted by Gasteiger charge is 2.51. The number of hydrogen-bond acceptors (Lipinski definition) is 6. The quantitative estimate of drug-likeness (QED) is 0.329. The van der Waals surface area contributed by atoms with Crippen LogP contribution in [0.3, 0.4) is 0 Å². The summed E-state index contributed by atoms with van der Waals surface area (Å²) in [6.45, 7) is 0. The molecule has 138 valence electrons. The topological polar surface area (TPSA) is 149 Å². The zero-order chi connectivity index (χ0) is 19.5. The molecule has 1 aromatic rings. The number of phenols is 2. The van der Waals surface area contributed by atoms with E-state index in [0.717, 1.165) is 0 Å². The zero-order valence-corrected chi connectivity index (χ0v) is 12.1. The number of benzene rings is 1. The van der Waals surface area contributed by atoms with Gasteiger partial charge in [0.25, 0.3) is 20.2 Å². The minimum absolute atomic E-state index is 2.71. The standard InChI is InChI=1S/C8H4F6O8S2/c9-7(10,11)1-3(15)4(16)2(8(12,13)14)6(24(20,21)22)5(1)23(17,18)19/h15-16H,(H,17,18,19)(H,20,21,22). The molecule has 1 aromatic carbocycles. The number of hydrogen-bond donors (Lipinski definition) is 4. The van der Waals surface area contributed by atoms with Crippen molar-refractivity contribution in [3.05, 3.63) is 11.1 Å². The van der Waals surface area contributed by atoms with Gasteiger partial charge in [-0.3, -0.25) is 9.11 Å². The Morgan fingerprint density at radius 1 is 0.625 bits per heavy atom. The monoisotopic (exact) mass is 406 g/mol. The van der Waals surface area contributed by atoms with Gasteiger partial charge in [0.2, 0.25) is 0 Å². The lowest BCUT2D eigenvalue weighted by molar-refractivity contribution is -0.147. The number of halogens is 6. The fourth-order valence-corrected chi connectivity index (χ4v) is 3.94. The fourth-order valence-electron chi connectivity index (χ4n) is 1.70. The highest BCUT2D eigenvalue weighted by molar-refractivity contribution is 7.89. The minimum Gasteiger partial charge on any atom is -0.504 e. The summed E-state index contributed by atoms with van der Waals surface area (Å²) in [4.78, 5) is -5.97. The van der Waals surface area contributed by atoms with Gasteiger partial charge in [-0.25, -0.2) is 0 Å². The SMILES string of the molecule is O=S(=O)(O)c1c(C(F)(F)F)c(O)c(O)c(C(F)(F)F)c1S(=O)(=O)O. The molecule has 0 spiro atoms. The molecule has 0 aliphatic rings. The Kier molecular flexibility index (Phi) is 4.53. The molecule has 0 radical (unpaired) electrons. The van der Waals surface area contributed by atoms with E-state index >= 15 is 0 Å². The van der Waals surface area contributed by atoms with Crippen LogP contribution in [-0.2, 0) is 32.6 Å². The first-order chi connectivity index (χ1) is 10.3. The maximum atomic E-state index is 12.8. The summed E-state index contributed by atoms with van der Waals surface area (Å²) in [6.07, 6.45) is -12.1. The molecule has 0 bridgehead atoms. The Morgan fingerprint density at radius 2 is 0.833 bits per heavy atom. The van der Waals surface area contributed by atoms with Crippen molar-refractivity contribution in [3.63, 3.8) is 0 Å². The molecule has 1 rings (SSSR count). The van der Waals surface area contributed by atoms with Crippen molar-refractivity contribution in [2.75, 3.05) is 0 Å². The van der Waals surface area contributed by atoms with Gasteiger partial charge in [-0.2, -0.15) is 43.2 Å². The molecule has 0 heterocycles. The Morgan fingerprint density at radius 3 is 0.958 bits per heavy atom. The highest BCUT2D eigenvalue weighted by atomic mass is 32.2. The molecule has 0 fully saturated rings. The molecule has 0 aromatic heterocycles. The van der Waals surface area contributed by atoms with Gasteiger partial charge in [-0.05, 0) is 0 Å². The molecule has 0 unspecified atom stereocenters. The lowest BCUT2D eigenvalue weighted by Gasteiger charge is -2.21. The minimum atomic E-state index is -6.38. The predicted octanol–water partition coefficient (Wildman–Crippen LogP) is 1.63. The van der Waals surface area contributed by atoms with Crippen LogP contribution in [-0.4, -0.2) is 36.2 Å². The van der Waals surface area contributed by atoms with Crippen LogP contribution < -0.4 is 0 Å². The first-order valence-corrected chi connectivity index (χ1v) is 7.90. The number of alkyl halides is 6. The lowest BCUT2D eigenvalue weighted by Crippen LogP contribution is -2.22. The van der Waals surface area contributed by atoms with Crippen molar-refractivity contribution in [1.82, 2.24) is 0 Å². The Labute approximate surface area is 128 Å². The van der Waals surface area contributed by atoms with Gasteiger partial charge in [-0.15, -0.1) is 0 Å². The molecule has 4 N–H and O–H groups in total. The van der Waals surface area contributed by atoms with E-state index in [9.17, 15) is 43.2 Å². The van der Waals surface area contributed by atoms with Crippen molar-refractivity contribution in [3.8, 4) is 11.5 Å². The molecular weight excluding hydrogens is 402 g/mol. The summed E-state index contributed by atoms with van der Waals surface area (Å²) in [7, 11) is -12.8. The van der Waals surface area contributed by atoms with Crippen LogP contribution in [0, 0.1) is 0 Å². The first-order valence-electron chi connectivity index (χ1n) is 5.02. The molecule has 0 saturated heterocycles. The molecule has 0 aliphatic carbocycles. The fraction of sp³-hybridized carbons (Fsp3) is 0.250. The summed E-state index contributed by atoms with van der Waals surface area (Å²) >= 11 is 0. The molecule has 0 amide bonds. The largest absolute Gasteiger partial charge is 0.504 e. The molecule has 0 aliphatic heterocycles. The molecule has 8 nitrogen and oxygen atoms in total. The number of phenolic OH excluding ortho intramolecular Hbond substituents is 2.